The molecule has 1 aromatic rings. The van der Waals surface area contributed by atoms with Crippen LogP contribution in [-0.2, 0) is 17.9 Å². The van der Waals surface area contributed by atoms with Crippen LogP contribution in [0, 0.1) is 13.8 Å². The highest BCUT2D eigenvalue weighted by atomic mass is 16.1. The van der Waals surface area contributed by atoms with Gasteiger partial charge in [0.15, 0.2) is 0 Å². The summed E-state index contributed by atoms with van der Waals surface area (Å²) in [4.78, 5) is 11.4. The molecule has 4 heteroatoms. The molecule has 108 valence electrons. The lowest BCUT2D eigenvalue weighted by molar-refractivity contribution is -0.120. The van der Waals surface area contributed by atoms with Gasteiger partial charge in [0.05, 0.1) is 0 Å². The summed E-state index contributed by atoms with van der Waals surface area (Å²) in [5, 5.41) is 6.22. The first-order chi connectivity index (χ1) is 9.10. The number of hydrogen-bond donors (Lipinski definition) is 2. The van der Waals surface area contributed by atoms with Gasteiger partial charge in [0.25, 0.3) is 0 Å². The summed E-state index contributed by atoms with van der Waals surface area (Å²) in [6.07, 6.45) is 1.54. The molecule has 0 saturated carbocycles. The number of carbonyl (C=O) groups excluding carboxylic acids is 1. The van der Waals surface area contributed by atoms with E-state index in [4.69, 9.17) is 0 Å². The quantitative estimate of drug-likeness (QED) is 0.707. The standard InChI is InChI=1S/C15H27N3O/c1-5-8-17-15(19)7-9-16-11-14-10-12(3)18(6-2)13(14)4/h10,16H,5-9,11H2,1-4H3,(H,17,19). The van der Waals surface area contributed by atoms with Gasteiger partial charge in [-0.2, -0.15) is 0 Å². The summed E-state index contributed by atoms with van der Waals surface area (Å²) in [5.41, 5.74) is 3.95. The van der Waals surface area contributed by atoms with Crippen LogP contribution < -0.4 is 10.6 Å². The van der Waals surface area contributed by atoms with E-state index in [-0.39, 0.29) is 5.91 Å². The highest BCUT2D eigenvalue weighted by molar-refractivity contribution is 5.75. The van der Waals surface area contributed by atoms with Crippen LogP contribution >= 0.6 is 0 Å². The molecule has 0 radical (unpaired) electrons. The Kier molecular flexibility index (Phi) is 6.64. The maximum absolute atomic E-state index is 11.4. The third-order valence-electron chi connectivity index (χ3n) is 3.41. The lowest BCUT2D eigenvalue weighted by Gasteiger charge is -2.07. The molecule has 1 amide bonds. The minimum Gasteiger partial charge on any atom is -0.356 e. The van der Waals surface area contributed by atoms with Crippen molar-refractivity contribution in [3.63, 3.8) is 0 Å². The molecule has 0 saturated heterocycles. The Morgan fingerprint density at radius 1 is 1.26 bits per heavy atom. The Morgan fingerprint density at radius 3 is 2.58 bits per heavy atom. The van der Waals surface area contributed by atoms with Crippen LogP contribution in [0.25, 0.3) is 0 Å². The normalized spacial score (nSPS) is 10.7. The topological polar surface area (TPSA) is 46.1 Å². The molecule has 0 spiro atoms. The molecular formula is C15H27N3O. The Hall–Kier alpha value is -1.29. The summed E-state index contributed by atoms with van der Waals surface area (Å²) >= 11 is 0. The molecule has 0 bridgehead atoms. The smallest absolute Gasteiger partial charge is 0.221 e. The van der Waals surface area contributed by atoms with Crippen LogP contribution in [0.1, 0.15) is 43.6 Å². The van der Waals surface area contributed by atoms with Crippen LogP contribution in [0.5, 0.6) is 0 Å². The molecule has 0 aliphatic carbocycles. The first-order valence-electron chi connectivity index (χ1n) is 7.23. The van der Waals surface area contributed by atoms with Crippen molar-refractivity contribution in [3.8, 4) is 0 Å². The van der Waals surface area contributed by atoms with E-state index in [1.807, 2.05) is 0 Å². The van der Waals surface area contributed by atoms with Gasteiger partial charge in [0, 0.05) is 44.0 Å². The molecule has 0 unspecified atom stereocenters. The van der Waals surface area contributed by atoms with Crippen molar-refractivity contribution in [3.05, 3.63) is 23.0 Å². The van der Waals surface area contributed by atoms with Crippen molar-refractivity contribution in [1.29, 1.82) is 0 Å². The van der Waals surface area contributed by atoms with Gasteiger partial charge in [0.1, 0.15) is 0 Å². The molecule has 0 aliphatic rings. The van der Waals surface area contributed by atoms with E-state index in [0.717, 1.165) is 32.6 Å². The molecule has 0 aromatic carbocycles. The number of nitrogens with zero attached hydrogens (tertiary/aromatic N) is 1. The van der Waals surface area contributed by atoms with Crippen molar-refractivity contribution in [2.24, 2.45) is 0 Å². The van der Waals surface area contributed by atoms with Crippen LogP contribution in [0.3, 0.4) is 0 Å². The number of amides is 1. The summed E-state index contributed by atoms with van der Waals surface area (Å²) in [5.74, 6) is 0.133. The van der Waals surface area contributed by atoms with Gasteiger partial charge in [-0.25, -0.2) is 0 Å². The van der Waals surface area contributed by atoms with E-state index >= 15 is 0 Å². The van der Waals surface area contributed by atoms with Gasteiger partial charge in [-0.15, -0.1) is 0 Å². The van der Waals surface area contributed by atoms with E-state index in [9.17, 15) is 4.79 Å². The molecule has 1 heterocycles. The van der Waals surface area contributed by atoms with Gasteiger partial charge in [0.2, 0.25) is 5.91 Å². The average molecular weight is 265 g/mol. The summed E-state index contributed by atoms with van der Waals surface area (Å²) in [7, 11) is 0. The second-order valence-corrected chi connectivity index (χ2v) is 4.92. The minimum atomic E-state index is 0.133. The van der Waals surface area contributed by atoms with Gasteiger partial charge in [-0.1, -0.05) is 6.92 Å². The highest BCUT2D eigenvalue weighted by Crippen LogP contribution is 2.14. The number of aryl methyl sites for hydroxylation is 1. The zero-order chi connectivity index (χ0) is 14.3. The largest absolute Gasteiger partial charge is 0.356 e. The van der Waals surface area contributed by atoms with Gasteiger partial charge in [-0.3, -0.25) is 4.79 Å². The summed E-state index contributed by atoms with van der Waals surface area (Å²) in [6, 6.07) is 2.23. The number of hydrogen-bond acceptors (Lipinski definition) is 2. The average Bonchev–Trinajstić information content (AvgIpc) is 2.66. The second kappa shape index (κ2) is 8.00. The van der Waals surface area contributed by atoms with E-state index in [1.165, 1.54) is 17.0 Å². The zero-order valence-electron chi connectivity index (χ0n) is 12.7. The summed E-state index contributed by atoms with van der Waals surface area (Å²) < 4.78 is 2.31. The Morgan fingerprint density at radius 2 is 2.00 bits per heavy atom. The molecule has 1 aromatic heterocycles. The molecular weight excluding hydrogens is 238 g/mol. The number of aromatic nitrogens is 1. The van der Waals surface area contributed by atoms with Crippen LogP contribution in [0.4, 0.5) is 0 Å². The molecule has 0 atom stereocenters. The van der Waals surface area contributed by atoms with Crippen molar-refractivity contribution in [2.45, 2.75) is 53.6 Å². The fourth-order valence-electron chi connectivity index (χ4n) is 2.32. The fraction of sp³-hybridized carbons (Fsp3) is 0.667. The van der Waals surface area contributed by atoms with Gasteiger partial charge >= 0.3 is 0 Å². The Balaban J connectivity index is 2.32. The van der Waals surface area contributed by atoms with Gasteiger partial charge < -0.3 is 15.2 Å². The number of rotatable bonds is 8. The lowest BCUT2D eigenvalue weighted by Crippen LogP contribution is -2.28. The molecule has 1 rings (SSSR count). The predicted molar refractivity (Wildman–Crippen MR) is 79.2 cm³/mol. The molecule has 4 nitrogen and oxygen atoms in total. The minimum absolute atomic E-state index is 0.133. The molecule has 0 fully saturated rings. The lowest BCUT2D eigenvalue weighted by atomic mass is 10.2. The van der Waals surface area contributed by atoms with E-state index < -0.39 is 0 Å². The Labute approximate surface area is 116 Å². The van der Waals surface area contributed by atoms with Gasteiger partial charge in [-0.05, 0) is 38.8 Å². The molecule has 19 heavy (non-hydrogen) atoms. The Bertz CT molecular complexity index is 410. The van der Waals surface area contributed by atoms with E-state index in [1.54, 1.807) is 0 Å². The van der Waals surface area contributed by atoms with Crippen LogP contribution in [-0.4, -0.2) is 23.6 Å². The highest BCUT2D eigenvalue weighted by Gasteiger charge is 2.07. The van der Waals surface area contributed by atoms with Crippen molar-refractivity contribution >= 4 is 5.91 Å². The number of nitrogens with one attached hydrogen (secondary N) is 2. The van der Waals surface area contributed by atoms with Crippen LogP contribution in [0.2, 0.25) is 0 Å². The van der Waals surface area contributed by atoms with Crippen molar-refractivity contribution in [2.75, 3.05) is 13.1 Å². The number of carbonyl (C=O) groups is 1. The first kappa shape index (κ1) is 15.8. The maximum atomic E-state index is 11.4. The van der Waals surface area contributed by atoms with E-state index in [0.29, 0.717) is 6.42 Å². The predicted octanol–water partition coefficient (Wildman–Crippen LogP) is 2.13. The zero-order valence-corrected chi connectivity index (χ0v) is 12.7. The first-order valence-corrected chi connectivity index (χ1v) is 7.23. The SMILES string of the molecule is CCCNC(=O)CCNCc1cc(C)n(CC)c1C. The third kappa shape index (κ3) is 4.71. The fourth-order valence-corrected chi connectivity index (χ4v) is 2.32. The molecule has 0 aliphatic heterocycles. The monoisotopic (exact) mass is 265 g/mol. The maximum Gasteiger partial charge on any atom is 0.221 e. The van der Waals surface area contributed by atoms with Crippen molar-refractivity contribution < 1.29 is 4.79 Å². The van der Waals surface area contributed by atoms with Crippen LogP contribution in [0.15, 0.2) is 6.07 Å². The van der Waals surface area contributed by atoms with E-state index in [2.05, 4.69) is 49.0 Å². The van der Waals surface area contributed by atoms with Crippen molar-refractivity contribution in [1.82, 2.24) is 15.2 Å². The molecule has 2 N–H and O–H groups in total. The third-order valence-corrected chi connectivity index (χ3v) is 3.41. The second-order valence-electron chi connectivity index (χ2n) is 4.92. The summed E-state index contributed by atoms with van der Waals surface area (Å²) in [6.45, 7) is 11.9.